The van der Waals surface area contributed by atoms with Crippen LogP contribution in [0.1, 0.15) is 30.4 Å². The topological polar surface area (TPSA) is 55.5 Å². The monoisotopic (exact) mass is 219 g/mol. The molecule has 2 unspecified atom stereocenters. The Morgan fingerprint density at radius 2 is 2.31 bits per heavy atom. The van der Waals surface area contributed by atoms with Crippen LogP contribution < -0.4 is 10.5 Å². The summed E-state index contributed by atoms with van der Waals surface area (Å²) in [6.07, 6.45) is 3.30. The van der Waals surface area contributed by atoms with Gasteiger partial charge in [-0.15, -0.1) is 0 Å². The van der Waals surface area contributed by atoms with Crippen molar-refractivity contribution in [2.45, 2.75) is 37.3 Å². The lowest BCUT2D eigenvalue weighted by Gasteiger charge is -2.23. The molecule has 1 fully saturated rings. The number of nitrogens with two attached hydrogens (primary N) is 1. The van der Waals surface area contributed by atoms with Crippen LogP contribution in [0.2, 0.25) is 0 Å². The first-order valence-electron chi connectivity index (χ1n) is 5.91. The summed E-state index contributed by atoms with van der Waals surface area (Å²) in [7, 11) is 0. The van der Waals surface area contributed by atoms with Gasteiger partial charge in [-0.3, -0.25) is 0 Å². The van der Waals surface area contributed by atoms with Crippen LogP contribution in [-0.2, 0) is 12.0 Å². The number of ether oxygens (including phenoxy) is 1. The maximum atomic E-state index is 10.5. The van der Waals surface area contributed by atoms with Gasteiger partial charge in [-0.2, -0.15) is 0 Å². The molecule has 1 aromatic carbocycles. The van der Waals surface area contributed by atoms with Gasteiger partial charge in [-0.1, -0.05) is 6.07 Å². The van der Waals surface area contributed by atoms with Gasteiger partial charge >= 0.3 is 0 Å². The number of hydrogen-bond acceptors (Lipinski definition) is 3. The first-order valence-corrected chi connectivity index (χ1v) is 5.91. The fourth-order valence-electron chi connectivity index (χ4n) is 2.80. The Morgan fingerprint density at radius 1 is 1.44 bits per heavy atom. The van der Waals surface area contributed by atoms with Crippen LogP contribution in [0.4, 0.5) is 0 Å². The van der Waals surface area contributed by atoms with Crippen LogP contribution in [0.3, 0.4) is 0 Å². The highest BCUT2D eigenvalue weighted by Crippen LogP contribution is 2.40. The molecule has 1 aromatic rings. The Morgan fingerprint density at radius 3 is 3.06 bits per heavy atom. The number of hydrogen-bond donors (Lipinski definition) is 2. The molecule has 0 spiro atoms. The van der Waals surface area contributed by atoms with Crippen molar-refractivity contribution in [3.8, 4) is 5.75 Å². The Labute approximate surface area is 95.2 Å². The summed E-state index contributed by atoms with van der Waals surface area (Å²) in [6, 6.07) is 6.16. The predicted molar refractivity (Wildman–Crippen MR) is 61.4 cm³/mol. The fourth-order valence-corrected chi connectivity index (χ4v) is 2.80. The van der Waals surface area contributed by atoms with E-state index in [-0.39, 0.29) is 6.04 Å². The maximum absolute atomic E-state index is 10.5. The average Bonchev–Trinajstić information content (AvgIpc) is 2.84. The lowest BCUT2D eigenvalue weighted by Crippen LogP contribution is -2.25. The summed E-state index contributed by atoms with van der Waals surface area (Å²) in [4.78, 5) is 0. The van der Waals surface area contributed by atoms with Crippen LogP contribution in [0.15, 0.2) is 18.2 Å². The minimum atomic E-state index is -0.711. The molecular formula is C13H17NO2. The fraction of sp³-hybridized carbons (Fsp3) is 0.538. The maximum Gasteiger partial charge on any atom is 0.122 e. The molecule has 3 nitrogen and oxygen atoms in total. The van der Waals surface area contributed by atoms with E-state index in [1.807, 2.05) is 12.1 Å². The summed E-state index contributed by atoms with van der Waals surface area (Å²) in [5.41, 5.74) is 7.38. The molecule has 2 atom stereocenters. The van der Waals surface area contributed by atoms with Gasteiger partial charge in [-0.05, 0) is 42.5 Å². The van der Waals surface area contributed by atoms with Crippen LogP contribution in [0.25, 0.3) is 0 Å². The smallest absolute Gasteiger partial charge is 0.122 e. The molecule has 0 bridgehead atoms. The summed E-state index contributed by atoms with van der Waals surface area (Å²) in [5.74, 6) is 0.967. The third kappa shape index (κ3) is 1.51. The minimum absolute atomic E-state index is 0.134. The van der Waals surface area contributed by atoms with Crippen molar-refractivity contribution in [2.75, 3.05) is 6.61 Å². The van der Waals surface area contributed by atoms with E-state index in [1.54, 1.807) is 0 Å². The standard InChI is InChI=1S/C13H17NO2/c14-11-3-5-13(15,8-11)10-1-2-12-9(7-10)4-6-16-12/h1-2,7,11,15H,3-6,8,14H2. The second-order valence-corrected chi connectivity index (χ2v) is 4.96. The highest BCUT2D eigenvalue weighted by Gasteiger charge is 2.37. The van der Waals surface area contributed by atoms with Crippen molar-refractivity contribution in [2.24, 2.45) is 5.73 Å². The van der Waals surface area contributed by atoms with Gasteiger partial charge in [-0.25, -0.2) is 0 Å². The van der Waals surface area contributed by atoms with Gasteiger partial charge < -0.3 is 15.6 Å². The van der Waals surface area contributed by atoms with Gasteiger partial charge in [0.15, 0.2) is 0 Å². The van der Waals surface area contributed by atoms with Crippen molar-refractivity contribution in [3.63, 3.8) is 0 Å². The molecule has 1 aliphatic heterocycles. The number of aliphatic hydroxyl groups is 1. The van der Waals surface area contributed by atoms with Gasteiger partial charge in [0.25, 0.3) is 0 Å². The molecule has 86 valence electrons. The zero-order chi connectivity index (χ0) is 11.2. The highest BCUT2D eigenvalue weighted by molar-refractivity contribution is 5.42. The van der Waals surface area contributed by atoms with Crippen molar-refractivity contribution in [1.82, 2.24) is 0 Å². The molecule has 1 heterocycles. The number of benzene rings is 1. The molecule has 3 rings (SSSR count). The third-order valence-corrected chi connectivity index (χ3v) is 3.76. The third-order valence-electron chi connectivity index (χ3n) is 3.76. The van der Waals surface area contributed by atoms with Crippen molar-refractivity contribution < 1.29 is 9.84 Å². The van der Waals surface area contributed by atoms with Crippen LogP contribution in [-0.4, -0.2) is 17.8 Å². The molecule has 3 heteroatoms. The zero-order valence-electron chi connectivity index (χ0n) is 9.28. The lowest BCUT2D eigenvalue weighted by molar-refractivity contribution is 0.0430. The van der Waals surface area contributed by atoms with Crippen LogP contribution in [0.5, 0.6) is 5.75 Å². The predicted octanol–water partition coefficient (Wildman–Crippen LogP) is 1.32. The SMILES string of the molecule is NC1CCC(O)(c2ccc3c(c2)CCO3)C1. The Kier molecular flexibility index (Phi) is 2.19. The second kappa shape index (κ2) is 3.47. The summed E-state index contributed by atoms with van der Waals surface area (Å²) in [5, 5.41) is 10.5. The average molecular weight is 219 g/mol. The highest BCUT2D eigenvalue weighted by atomic mass is 16.5. The summed E-state index contributed by atoms with van der Waals surface area (Å²) < 4.78 is 5.46. The number of rotatable bonds is 1. The van der Waals surface area contributed by atoms with Crippen LogP contribution in [0, 0.1) is 0 Å². The molecule has 0 amide bonds. The molecular weight excluding hydrogens is 202 g/mol. The Hall–Kier alpha value is -1.06. The van der Waals surface area contributed by atoms with E-state index in [0.29, 0.717) is 6.42 Å². The summed E-state index contributed by atoms with van der Waals surface area (Å²) in [6.45, 7) is 0.761. The minimum Gasteiger partial charge on any atom is -0.493 e. The largest absolute Gasteiger partial charge is 0.493 e. The van der Waals surface area contributed by atoms with E-state index in [9.17, 15) is 5.11 Å². The van der Waals surface area contributed by atoms with Crippen LogP contribution >= 0.6 is 0 Å². The second-order valence-electron chi connectivity index (χ2n) is 4.96. The molecule has 2 aliphatic rings. The molecule has 0 saturated heterocycles. The number of fused-ring (bicyclic) bond motifs is 1. The Balaban J connectivity index is 1.95. The van der Waals surface area contributed by atoms with E-state index < -0.39 is 5.60 Å². The first-order chi connectivity index (χ1) is 7.67. The van der Waals surface area contributed by atoms with E-state index in [0.717, 1.165) is 37.2 Å². The molecule has 16 heavy (non-hydrogen) atoms. The molecule has 3 N–H and O–H groups in total. The zero-order valence-corrected chi connectivity index (χ0v) is 9.28. The Bertz CT molecular complexity index is 418. The quantitative estimate of drug-likeness (QED) is 0.749. The first kappa shape index (κ1) is 10.1. The molecule has 1 aliphatic carbocycles. The lowest BCUT2D eigenvalue weighted by atomic mass is 9.90. The summed E-state index contributed by atoms with van der Waals surface area (Å²) >= 11 is 0. The van der Waals surface area contributed by atoms with E-state index in [2.05, 4.69) is 6.07 Å². The van der Waals surface area contributed by atoms with E-state index in [1.165, 1.54) is 5.56 Å². The van der Waals surface area contributed by atoms with Gasteiger partial charge in [0, 0.05) is 12.5 Å². The molecule has 0 radical (unpaired) electrons. The molecule has 0 aromatic heterocycles. The van der Waals surface area contributed by atoms with Crippen molar-refractivity contribution >= 4 is 0 Å². The van der Waals surface area contributed by atoms with E-state index in [4.69, 9.17) is 10.5 Å². The molecule has 1 saturated carbocycles. The van der Waals surface area contributed by atoms with Gasteiger partial charge in [0.1, 0.15) is 5.75 Å². The van der Waals surface area contributed by atoms with Crippen molar-refractivity contribution in [1.29, 1.82) is 0 Å². The van der Waals surface area contributed by atoms with E-state index >= 15 is 0 Å². The van der Waals surface area contributed by atoms with Gasteiger partial charge in [0.05, 0.1) is 12.2 Å². The van der Waals surface area contributed by atoms with Gasteiger partial charge in [0.2, 0.25) is 0 Å². The van der Waals surface area contributed by atoms with Crippen molar-refractivity contribution in [3.05, 3.63) is 29.3 Å². The normalized spacial score (nSPS) is 32.5.